The number of methoxy groups -OCH3 is 1. The fourth-order valence-corrected chi connectivity index (χ4v) is 2.07. The van der Waals surface area contributed by atoms with Crippen LogP contribution in [0.5, 0.6) is 0 Å². The Kier molecular flexibility index (Phi) is 4.66. The summed E-state index contributed by atoms with van der Waals surface area (Å²) in [6.45, 7) is 5.01. The zero-order chi connectivity index (χ0) is 15.5. The minimum atomic E-state index is -0.810. The first-order valence-corrected chi connectivity index (χ1v) is 6.32. The molecular formula is C11H14N2O6S. The van der Waals surface area contributed by atoms with Crippen LogP contribution in [0.3, 0.4) is 0 Å². The lowest BCUT2D eigenvalue weighted by atomic mass is 10.2. The highest BCUT2D eigenvalue weighted by Gasteiger charge is 2.25. The second-order valence-corrected chi connectivity index (χ2v) is 5.73. The highest BCUT2D eigenvalue weighted by atomic mass is 32.1. The molecule has 0 saturated heterocycles. The van der Waals surface area contributed by atoms with Gasteiger partial charge in [0.25, 0.3) is 0 Å². The maximum absolute atomic E-state index is 11.6. The summed E-state index contributed by atoms with van der Waals surface area (Å²) in [5.41, 5.74) is -0.736. The summed E-state index contributed by atoms with van der Waals surface area (Å²) < 4.78 is 9.52. The Balaban J connectivity index is 3.01. The van der Waals surface area contributed by atoms with Gasteiger partial charge in [0.1, 0.15) is 10.5 Å². The van der Waals surface area contributed by atoms with Gasteiger partial charge in [0.15, 0.2) is 0 Å². The van der Waals surface area contributed by atoms with Crippen molar-refractivity contribution >= 4 is 34.1 Å². The van der Waals surface area contributed by atoms with Crippen molar-refractivity contribution in [3.05, 3.63) is 21.1 Å². The van der Waals surface area contributed by atoms with E-state index in [0.717, 1.165) is 13.2 Å². The smallest absolute Gasteiger partial charge is 0.412 e. The molecule has 0 aromatic carbocycles. The van der Waals surface area contributed by atoms with Crippen LogP contribution in [0.4, 0.5) is 15.5 Å². The Morgan fingerprint density at radius 2 is 2.00 bits per heavy atom. The first kappa shape index (κ1) is 15.9. The lowest BCUT2D eigenvalue weighted by Crippen LogP contribution is -2.27. The van der Waals surface area contributed by atoms with Crippen LogP contribution < -0.4 is 5.32 Å². The van der Waals surface area contributed by atoms with Crippen molar-refractivity contribution in [3.63, 3.8) is 0 Å². The maximum Gasteiger partial charge on any atom is 0.412 e. The molecule has 20 heavy (non-hydrogen) atoms. The summed E-state index contributed by atoms with van der Waals surface area (Å²) in [6.07, 6.45) is -0.810. The molecule has 1 aromatic rings. The Hall–Kier alpha value is -2.16. The van der Waals surface area contributed by atoms with E-state index in [0.29, 0.717) is 11.3 Å². The Morgan fingerprint density at radius 3 is 2.45 bits per heavy atom. The van der Waals surface area contributed by atoms with Crippen LogP contribution >= 0.6 is 11.3 Å². The molecule has 0 bridgehead atoms. The van der Waals surface area contributed by atoms with Crippen molar-refractivity contribution in [1.82, 2.24) is 0 Å². The van der Waals surface area contributed by atoms with Crippen LogP contribution in [0.15, 0.2) is 6.07 Å². The van der Waals surface area contributed by atoms with Crippen LogP contribution in [0.2, 0.25) is 0 Å². The molecule has 1 N–H and O–H groups in total. The van der Waals surface area contributed by atoms with Gasteiger partial charge in [-0.3, -0.25) is 15.4 Å². The molecule has 0 spiro atoms. The number of nitrogens with zero attached hydrogens (tertiary/aromatic N) is 1. The monoisotopic (exact) mass is 302 g/mol. The average molecular weight is 302 g/mol. The second-order valence-electron chi connectivity index (χ2n) is 4.70. The number of nitro groups is 1. The van der Waals surface area contributed by atoms with E-state index in [-0.39, 0.29) is 15.6 Å². The predicted octanol–water partition coefficient (Wildman–Crippen LogP) is 2.79. The van der Waals surface area contributed by atoms with Gasteiger partial charge < -0.3 is 9.47 Å². The summed E-state index contributed by atoms with van der Waals surface area (Å²) in [5, 5.41) is 12.7. The minimum Gasteiger partial charge on any atom is -0.465 e. The minimum absolute atomic E-state index is 0.0113. The largest absolute Gasteiger partial charge is 0.465 e. The van der Waals surface area contributed by atoms with Crippen molar-refractivity contribution in [2.75, 3.05) is 12.4 Å². The molecule has 0 atom stereocenters. The van der Waals surface area contributed by atoms with E-state index in [1.165, 1.54) is 0 Å². The number of hydrogen-bond donors (Lipinski definition) is 1. The Labute approximate surface area is 118 Å². The third kappa shape index (κ3) is 4.19. The number of amides is 1. The molecule has 0 fully saturated rings. The van der Waals surface area contributed by atoms with Gasteiger partial charge in [-0.15, -0.1) is 0 Å². The van der Waals surface area contributed by atoms with Gasteiger partial charge in [0, 0.05) is 0 Å². The summed E-state index contributed by atoms with van der Waals surface area (Å²) in [5.74, 6) is -0.769. The number of thiophene rings is 1. The number of nitrogens with one attached hydrogen (secondary N) is 1. The van der Waals surface area contributed by atoms with Crippen LogP contribution in [0, 0.1) is 10.1 Å². The molecule has 1 aromatic heterocycles. The predicted molar refractivity (Wildman–Crippen MR) is 72.2 cm³/mol. The average Bonchev–Trinajstić information content (AvgIpc) is 2.69. The SMILES string of the molecule is COC(=O)c1sc([N+](=O)[O-])cc1NC(=O)OC(C)(C)C. The Morgan fingerprint density at radius 1 is 1.40 bits per heavy atom. The van der Waals surface area contributed by atoms with Crippen molar-refractivity contribution in [1.29, 1.82) is 0 Å². The molecule has 0 radical (unpaired) electrons. The number of anilines is 1. The zero-order valence-electron chi connectivity index (χ0n) is 11.4. The maximum atomic E-state index is 11.6. The first-order chi connectivity index (χ1) is 9.14. The molecule has 0 aliphatic heterocycles. The van der Waals surface area contributed by atoms with Gasteiger partial charge in [-0.1, -0.05) is 11.3 Å². The normalized spacial score (nSPS) is 10.8. The number of hydrogen-bond acceptors (Lipinski definition) is 7. The lowest BCUT2D eigenvalue weighted by Gasteiger charge is -2.19. The van der Waals surface area contributed by atoms with E-state index >= 15 is 0 Å². The fraction of sp³-hybridized carbons (Fsp3) is 0.455. The van der Waals surface area contributed by atoms with E-state index in [1.54, 1.807) is 20.8 Å². The van der Waals surface area contributed by atoms with Crippen molar-refractivity contribution in [2.24, 2.45) is 0 Å². The lowest BCUT2D eigenvalue weighted by molar-refractivity contribution is -0.380. The first-order valence-electron chi connectivity index (χ1n) is 5.50. The molecule has 8 nitrogen and oxygen atoms in total. The number of rotatable bonds is 3. The molecular weight excluding hydrogens is 288 g/mol. The number of ether oxygens (including phenoxy) is 2. The second kappa shape index (κ2) is 5.87. The molecule has 1 heterocycles. The van der Waals surface area contributed by atoms with E-state index in [9.17, 15) is 19.7 Å². The standard InChI is InChI=1S/C11H14N2O6S/c1-11(2,3)19-10(15)12-6-5-7(13(16)17)20-8(6)9(14)18-4/h5H,1-4H3,(H,12,15). The number of esters is 1. The van der Waals surface area contributed by atoms with Crippen molar-refractivity contribution < 1.29 is 24.0 Å². The molecule has 0 aliphatic rings. The molecule has 1 amide bonds. The summed E-state index contributed by atoms with van der Waals surface area (Å²) in [6, 6.07) is 1.08. The topological polar surface area (TPSA) is 108 Å². The summed E-state index contributed by atoms with van der Waals surface area (Å²) in [4.78, 5) is 33.1. The van der Waals surface area contributed by atoms with Gasteiger partial charge in [-0.05, 0) is 20.8 Å². The molecule has 1 rings (SSSR count). The molecule has 0 aliphatic carbocycles. The van der Waals surface area contributed by atoms with Crippen LogP contribution in [-0.2, 0) is 9.47 Å². The highest BCUT2D eigenvalue weighted by molar-refractivity contribution is 7.17. The van der Waals surface area contributed by atoms with E-state index in [1.807, 2.05) is 0 Å². The summed E-state index contributed by atoms with van der Waals surface area (Å²) in [7, 11) is 1.14. The van der Waals surface area contributed by atoms with E-state index in [2.05, 4.69) is 10.1 Å². The highest BCUT2D eigenvalue weighted by Crippen LogP contribution is 2.33. The van der Waals surface area contributed by atoms with Gasteiger partial charge in [0.2, 0.25) is 0 Å². The fourth-order valence-electron chi connectivity index (χ4n) is 1.22. The van der Waals surface area contributed by atoms with Crippen LogP contribution in [0.25, 0.3) is 0 Å². The zero-order valence-corrected chi connectivity index (χ0v) is 12.2. The number of carbonyl (C=O) groups is 2. The van der Waals surface area contributed by atoms with Crippen LogP contribution in [-0.4, -0.2) is 29.7 Å². The molecule has 0 saturated carbocycles. The van der Waals surface area contributed by atoms with Crippen molar-refractivity contribution in [3.8, 4) is 0 Å². The van der Waals surface area contributed by atoms with Gasteiger partial charge in [0.05, 0.1) is 23.8 Å². The van der Waals surface area contributed by atoms with E-state index in [4.69, 9.17) is 4.74 Å². The Bertz CT molecular complexity index is 546. The van der Waals surface area contributed by atoms with Gasteiger partial charge in [-0.25, -0.2) is 9.59 Å². The third-order valence-electron chi connectivity index (χ3n) is 1.91. The van der Waals surface area contributed by atoms with Gasteiger partial charge >= 0.3 is 17.1 Å². The number of carbonyl (C=O) groups excluding carboxylic acids is 2. The van der Waals surface area contributed by atoms with Crippen LogP contribution in [0.1, 0.15) is 30.4 Å². The quantitative estimate of drug-likeness (QED) is 0.522. The third-order valence-corrected chi connectivity index (χ3v) is 2.97. The molecule has 0 unspecified atom stereocenters. The molecule has 9 heteroatoms. The van der Waals surface area contributed by atoms with E-state index < -0.39 is 22.6 Å². The van der Waals surface area contributed by atoms with Crippen molar-refractivity contribution in [2.45, 2.75) is 26.4 Å². The summed E-state index contributed by atoms with van der Waals surface area (Å²) >= 11 is 0.616. The van der Waals surface area contributed by atoms with Gasteiger partial charge in [-0.2, -0.15) is 0 Å². The molecule has 110 valence electrons.